The molecule has 0 radical (unpaired) electrons. The van der Waals surface area contributed by atoms with E-state index < -0.39 is 0 Å². The molecule has 0 N–H and O–H groups in total. The number of furan rings is 2. The SMILES string of the molecule is c1ccc2c(c1)c1ccncc1n2-c1ccc2oc3c(ccc4oc5ccc(-n6c7ccccc7c7ccncc76)cc5c43)c2c1. The zero-order valence-corrected chi connectivity index (χ0v) is 24.3. The topological polar surface area (TPSA) is 61.9 Å². The van der Waals surface area contributed by atoms with Gasteiger partial charge in [0.05, 0.1) is 39.8 Å². The van der Waals surface area contributed by atoms with Crippen molar-refractivity contribution in [2.75, 3.05) is 0 Å². The first-order chi connectivity index (χ1) is 22.8. The highest BCUT2D eigenvalue weighted by atomic mass is 16.3. The van der Waals surface area contributed by atoms with Crippen LogP contribution in [0, 0.1) is 0 Å². The Balaban J connectivity index is 1.17. The van der Waals surface area contributed by atoms with Crippen molar-refractivity contribution < 1.29 is 8.83 Å². The van der Waals surface area contributed by atoms with Crippen LogP contribution in [-0.4, -0.2) is 19.1 Å². The molecule has 0 aliphatic heterocycles. The van der Waals surface area contributed by atoms with Gasteiger partial charge in [-0.2, -0.15) is 0 Å². The van der Waals surface area contributed by atoms with E-state index in [1.54, 1.807) is 0 Å². The summed E-state index contributed by atoms with van der Waals surface area (Å²) in [5.74, 6) is 0. The largest absolute Gasteiger partial charge is 0.456 e. The quantitative estimate of drug-likeness (QED) is 0.201. The van der Waals surface area contributed by atoms with Crippen molar-refractivity contribution in [1.29, 1.82) is 0 Å². The van der Waals surface area contributed by atoms with Crippen LogP contribution in [0.1, 0.15) is 0 Å². The number of aromatic nitrogens is 4. The van der Waals surface area contributed by atoms with Crippen molar-refractivity contribution in [1.82, 2.24) is 19.1 Å². The summed E-state index contributed by atoms with van der Waals surface area (Å²) in [5, 5.41) is 8.87. The Morgan fingerprint density at radius 3 is 1.61 bits per heavy atom. The molecule has 0 amide bonds. The number of nitrogens with zero attached hydrogens (tertiary/aromatic N) is 4. The third-order valence-electron chi connectivity index (χ3n) is 9.51. The van der Waals surface area contributed by atoms with Gasteiger partial charge in [-0.3, -0.25) is 9.97 Å². The Bertz CT molecular complexity index is 2940. The fourth-order valence-electron chi connectivity index (χ4n) is 7.54. The van der Waals surface area contributed by atoms with Crippen molar-refractivity contribution in [3.8, 4) is 11.4 Å². The van der Waals surface area contributed by atoms with Crippen LogP contribution in [-0.2, 0) is 0 Å². The second-order valence-corrected chi connectivity index (χ2v) is 11.9. The lowest BCUT2D eigenvalue weighted by Gasteiger charge is -2.07. The predicted molar refractivity (Wildman–Crippen MR) is 185 cm³/mol. The molecule has 0 saturated heterocycles. The van der Waals surface area contributed by atoms with Crippen molar-refractivity contribution in [2.24, 2.45) is 0 Å². The molecule has 0 fully saturated rings. The maximum absolute atomic E-state index is 6.65. The fourth-order valence-corrected chi connectivity index (χ4v) is 7.54. The molecule has 0 saturated carbocycles. The minimum atomic E-state index is 0.802. The summed E-state index contributed by atoms with van der Waals surface area (Å²) in [4.78, 5) is 8.92. The van der Waals surface area contributed by atoms with Gasteiger partial charge in [0, 0.05) is 61.5 Å². The molecule has 0 spiro atoms. The van der Waals surface area contributed by atoms with Gasteiger partial charge in [0.2, 0.25) is 0 Å². The Morgan fingerprint density at radius 1 is 0.413 bits per heavy atom. The average molecular weight is 591 g/mol. The van der Waals surface area contributed by atoms with Crippen LogP contribution in [0.3, 0.4) is 0 Å². The second kappa shape index (κ2) is 8.61. The second-order valence-electron chi connectivity index (χ2n) is 11.9. The maximum Gasteiger partial charge on any atom is 0.147 e. The number of para-hydroxylation sites is 2. The van der Waals surface area contributed by atoms with Crippen LogP contribution in [0.25, 0.3) is 98.9 Å². The van der Waals surface area contributed by atoms with E-state index in [0.29, 0.717) is 0 Å². The summed E-state index contributed by atoms with van der Waals surface area (Å²) < 4.78 is 17.6. The van der Waals surface area contributed by atoms with Gasteiger partial charge < -0.3 is 18.0 Å². The van der Waals surface area contributed by atoms with Crippen molar-refractivity contribution in [3.63, 3.8) is 0 Å². The van der Waals surface area contributed by atoms with Gasteiger partial charge in [-0.25, -0.2) is 0 Å². The van der Waals surface area contributed by atoms with E-state index in [1.807, 2.05) is 24.8 Å². The van der Waals surface area contributed by atoms with E-state index in [-0.39, 0.29) is 0 Å². The molecule has 6 heterocycles. The normalized spacial score (nSPS) is 12.3. The number of rotatable bonds is 2. The Labute approximate surface area is 260 Å². The third-order valence-corrected chi connectivity index (χ3v) is 9.51. The number of hydrogen-bond donors (Lipinski definition) is 0. The zero-order valence-electron chi connectivity index (χ0n) is 24.3. The smallest absolute Gasteiger partial charge is 0.147 e. The first-order valence-corrected chi connectivity index (χ1v) is 15.3. The highest BCUT2D eigenvalue weighted by Gasteiger charge is 2.20. The van der Waals surface area contributed by atoms with Crippen LogP contribution in [0.15, 0.2) is 143 Å². The molecular weight excluding hydrogens is 568 g/mol. The number of hydrogen-bond acceptors (Lipinski definition) is 4. The van der Waals surface area contributed by atoms with Crippen molar-refractivity contribution >= 4 is 87.5 Å². The summed E-state index contributed by atoms with van der Waals surface area (Å²) in [5.41, 5.74) is 9.83. The van der Waals surface area contributed by atoms with E-state index in [9.17, 15) is 0 Å². The molecule has 6 aromatic heterocycles. The molecule has 46 heavy (non-hydrogen) atoms. The van der Waals surface area contributed by atoms with E-state index in [4.69, 9.17) is 8.83 Å². The molecule has 0 aliphatic rings. The molecule has 0 aliphatic carbocycles. The van der Waals surface area contributed by atoms with E-state index in [1.165, 1.54) is 21.5 Å². The summed E-state index contributed by atoms with van der Waals surface area (Å²) in [6, 6.07) is 38.2. The Morgan fingerprint density at radius 2 is 0.957 bits per heavy atom. The van der Waals surface area contributed by atoms with E-state index >= 15 is 0 Å². The van der Waals surface area contributed by atoms with Gasteiger partial charge in [0.25, 0.3) is 0 Å². The number of pyridine rings is 2. The van der Waals surface area contributed by atoms with Crippen LogP contribution in [0.2, 0.25) is 0 Å². The molecule has 0 bridgehead atoms. The van der Waals surface area contributed by atoms with Crippen LogP contribution in [0.4, 0.5) is 0 Å². The number of benzene rings is 5. The van der Waals surface area contributed by atoms with Gasteiger partial charge in [0.15, 0.2) is 0 Å². The van der Waals surface area contributed by atoms with Gasteiger partial charge in [-0.15, -0.1) is 0 Å². The first kappa shape index (κ1) is 24.0. The fraction of sp³-hybridized carbons (Fsp3) is 0. The predicted octanol–water partition coefficient (Wildman–Crippen LogP) is 10.5. The highest BCUT2D eigenvalue weighted by Crippen LogP contribution is 2.42. The summed E-state index contributed by atoms with van der Waals surface area (Å²) >= 11 is 0. The van der Waals surface area contributed by atoms with Gasteiger partial charge in [-0.1, -0.05) is 36.4 Å². The Kier molecular flexibility index (Phi) is 4.49. The molecule has 11 aromatic rings. The minimum absolute atomic E-state index is 0.802. The summed E-state index contributed by atoms with van der Waals surface area (Å²) in [6.07, 6.45) is 7.60. The van der Waals surface area contributed by atoms with Crippen LogP contribution >= 0.6 is 0 Å². The standard InChI is InChI=1S/C40H22N4O2/c1-3-7-32-25(5-1)27-15-17-41-21-34(27)43(32)23-9-12-36-30(19-23)29-11-14-38-39(40(29)46-36)31-20-24(10-13-37(31)45-38)44-33-8-4-2-6-26(33)28-16-18-42-22-35(28)44/h1-22H. The summed E-state index contributed by atoms with van der Waals surface area (Å²) in [7, 11) is 0. The number of fused-ring (bicyclic) bond motifs is 13. The minimum Gasteiger partial charge on any atom is -0.456 e. The zero-order chi connectivity index (χ0) is 29.9. The van der Waals surface area contributed by atoms with Crippen LogP contribution in [0.5, 0.6) is 0 Å². The van der Waals surface area contributed by atoms with Gasteiger partial charge >= 0.3 is 0 Å². The lowest BCUT2D eigenvalue weighted by atomic mass is 10.1. The van der Waals surface area contributed by atoms with E-state index in [0.717, 1.165) is 77.3 Å². The molecule has 11 rings (SSSR count). The van der Waals surface area contributed by atoms with Crippen molar-refractivity contribution in [3.05, 3.63) is 134 Å². The Hall–Kier alpha value is -6.40. The highest BCUT2D eigenvalue weighted by molar-refractivity contribution is 6.22. The molecule has 6 heteroatoms. The van der Waals surface area contributed by atoms with Crippen LogP contribution < -0.4 is 0 Å². The lowest BCUT2D eigenvalue weighted by Crippen LogP contribution is -1.93. The van der Waals surface area contributed by atoms with Gasteiger partial charge in [-0.05, 0) is 72.8 Å². The molecule has 6 nitrogen and oxygen atoms in total. The first-order valence-electron chi connectivity index (χ1n) is 15.3. The van der Waals surface area contributed by atoms with Crippen molar-refractivity contribution in [2.45, 2.75) is 0 Å². The van der Waals surface area contributed by atoms with Gasteiger partial charge in [0.1, 0.15) is 22.3 Å². The van der Waals surface area contributed by atoms with E-state index in [2.05, 4.69) is 128 Å². The third kappa shape index (κ3) is 3.05. The molecule has 214 valence electrons. The monoisotopic (exact) mass is 590 g/mol. The average Bonchev–Trinajstić information content (AvgIpc) is 3.85. The summed E-state index contributed by atoms with van der Waals surface area (Å²) in [6.45, 7) is 0. The lowest BCUT2D eigenvalue weighted by molar-refractivity contribution is 0.662. The molecular formula is C40H22N4O2. The maximum atomic E-state index is 6.65. The molecule has 0 atom stereocenters. The molecule has 0 unspecified atom stereocenters. The molecule has 5 aromatic carbocycles.